The van der Waals surface area contributed by atoms with Crippen LogP contribution in [0.15, 0.2) is 35.0 Å². The average molecular weight is 509 g/mol. The zero-order chi connectivity index (χ0) is 24.9. The van der Waals surface area contributed by atoms with Gasteiger partial charge in [0.25, 0.3) is 0 Å². The van der Waals surface area contributed by atoms with Crippen LogP contribution in [0.3, 0.4) is 0 Å². The largest absolute Gasteiger partial charge is 0.352 e. The van der Waals surface area contributed by atoms with Crippen molar-refractivity contribution in [2.45, 2.75) is 64.2 Å². The van der Waals surface area contributed by atoms with Gasteiger partial charge in [0.15, 0.2) is 0 Å². The van der Waals surface area contributed by atoms with E-state index in [2.05, 4.69) is 62.8 Å². The fourth-order valence-corrected chi connectivity index (χ4v) is 6.50. The zero-order valence-electron chi connectivity index (χ0n) is 20.9. The molecule has 35 heavy (non-hydrogen) atoms. The molecule has 1 fully saturated rings. The molecular weight excluding hydrogens is 476 g/mol. The van der Waals surface area contributed by atoms with Gasteiger partial charge in [0.05, 0.1) is 22.4 Å². The summed E-state index contributed by atoms with van der Waals surface area (Å²) < 4.78 is 1.92. The van der Waals surface area contributed by atoms with E-state index < -0.39 is 0 Å². The molecule has 184 valence electrons. The van der Waals surface area contributed by atoms with Crippen LogP contribution in [-0.2, 0) is 15.0 Å². The van der Waals surface area contributed by atoms with Crippen LogP contribution in [0, 0.1) is 13.8 Å². The average Bonchev–Trinajstić information content (AvgIpc) is 3.31. The first-order chi connectivity index (χ1) is 16.6. The number of hydrogen-bond acceptors (Lipinski definition) is 5. The Balaban J connectivity index is 1.77. The molecule has 2 amide bonds. The van der Waals surface area contributed by atoms with Gasteiger partial charge in [-0.2, -0.15) is 16.4 Å². The number of aromatic nitrogens is 2. The van der Waals surface area contributed by atoms with Gasteiger partial charge in [-0.25, -0.2) is 4.68 Å². The molecule has 1 saturated carbocycles. The quantitative estimate of drug-likeness (QED) is 0.508. The van der Waals surface area contributed by atoms with Crippen molar-refractivity contribution in [3.8, 4) is 5.69 Å². The first-order valence-corrected chi connectivity index (χ1v) is 14.1. The maximum atomic E-state index is 13.6. The molecule has 1 N–H and O–H groups in total. The maximum absolute atomic E-state index is 13.6. The molecule has 1 aliphatic carbocycles. The van der Waals surface area contributed by atoms with Crippen molar-refractivity contribution in [1.82, 2.24) is 15.1 Å². The highest BCUT2D eigenvalue weighted by molar-refractivity contribution is 8.00. The van der Waals surface area contributed by atoms with E-state index in [1.54, 1.807) is 28.0 Å². The minimum absolute atomic E-state index is 0.000605. The number of thiophene rings is 1. The van der Waals surface area contributed by atoms with E-state index >= 15 is 0 Å². The molecule has 0 spiro atoms. The summed E-state index contributed by atoms with van der Waals surface area (Å²) in [6, 6.07) is 8.53. The predicted octanol–water partition coefficient (Wildman–Crippen LogP) is 5.30. The molecule has 1 aliphatic heterocycles. The minimum Gasteiger partial charge on any atom is -0.352 e. The Morgan fingerprint density at radius 2 is 1.97 bits per heavy atom. The van der Waals surface area contributed by atoms with Crippen LogP contribution < -0.4 is 10.2 Å². The van der Waals surface area contributed by atoms with E-state index in [4.69, 9.17) is 5.10 Å². The number of rotatable bonds is 5. The number of fused-ring (bicyclic) bond motifs is 1. The summed E-state index contributed by atoms with van der Waals surface area (Å²) in [4.78, 5) is 28.3. The Hall–Kier alpha value is -2.58. The zero-order valence-corrected chi connectivity index (χ0v) is 22.6. The smallest absolute Gasteiger partial charge is 0.240 e. The van der Waals surface area contributed by atoms with Crippen molar-refractivity contribution < 1.29 is 9.59 Å². The number of thioether (sulfide) groups is 1. The number of benzene rings is 1. The van der Waals surface area contributed by atoms with E-state index in [9.17, 15) is 9.59 Å². The number of hydrogen-bond donors (Lipinski definition) is 1. The van der Waals surface area contributed by atoms with Crippen LogP contribution in [-0.4, -0.2) is 39.9 Å². The third-order valence-corrected chi connectivity index (χ3v) is 8.65. The normalized spacial score (nSPS) is 18.4. The summed E-state index contributed by atoms with van der Waals surface area (Å²) >= 11 is 3.28. The molecule has 0 unspecified atom stereocenters. The van der Waals surface area contributed by atoms with Crippen LogP contribution in [0.4, 0.5) is 5.82 Å². The molecule has 1 aromatic carbocycles. The molecule has 2 aliphatic rings. The molecule has 0 bridgehead atoms. The third-order valence-electron chi connectivity index (χ3n) is 6.69. The van der Waals surface area contributed by atoms with Gasteiger partial charge in [-0.3, -0.25) is 14.5 Å². The number of nitrogens with one attached hydrogen (secondary N) is 1. The van der Waals surface area contributed by atoms with Crippen LogP contribution in [0.5, 0.6) is 0 Å². The molecule has 8 heteroatoms. The van der Waals surface area contributed by atoms with E-state index in [1.807, 2.05) is 16.8 Å². The summed E-state index contributed by atoms with van der Waals surface area (Å²) in [6.45, 7) is 10.7. The number of carbonyl (C=O) groups excluding carboxylic acids is 2. The molecule has 0 saturated heterocycles. The lowest BCUT2D eigenvalue weighted by molar-refractivity contribution is -0.123. The Morgan fingerprint density at radius 1 is 1.20 bits per heavy atom. The van der Waals surface area contributed by atoms with Gasteiger partial charge in [0, 0.05) is 17.0 Å². The lowest BCUT2D eigenvalue weighted by atomic mass is 9.87. The van der Waals surface area contributed by atoms with E-state index in [-0.39, 0.29) is 35.1 Å². The lowest BCUT2D eigenvalue weighted by Crippen LogP contribution is -2.43. The van der Waals surface area contributed by atoms with Crippen molar-refractivity contribution in [2.75, 3.05) is 17.2 Å². The SMILES string of the molecule is Cc1cccc(-n2nc(C(C)(C)C)c3c2N(CC(=O)NC2CC2)C(=O)CS[C@H]3c2ccsc2)c1C. The van der Waals surface area contributed by atoms with Crippen molar-refractivity contribution >= 4 is 40.7 Å². The summed E-state index contributed by atoms with van der Waals surface area (Å²) in [5.74, 6) is 0.854. The van der Waals surface area contributed by atoms with E-state index in [1.165, 1.54) is 5.56 Å². The second-order valence-corrected chi connectivity index (χ2v) is 12.4. The van der Waals surface area contributed by atoms with Crippen LogP contribution >= 0.6 is 23.1 Å². The summed E-state index contributed by atoms with van der Waals surface area (Å²) in [7, 11) is 0. The highest BCUT2D eigenvalue weighted by Crippen LogP contribution is 2.49. The van der Waals surface area contributed by atoms with Gasteiger partial charge in [0.1, 0.15) is 12.4 Å². The first-order valence-electron chi connectivity index (χ1n) is 12.1. The molecule has 0 radical (unpaired) electrons. The number of carbonyl (C=O) groups is 2. The van der Waals surface area contributed by atoms with Gasteiger partial charge >= 0.3 is 0 Å². The van der Waals surface area contributed by atoms with Crippen LogP contribution in [0.1, 0.15) is 66.8 Å². The fourth-order valence-electron chi connectivity index (χ4n) is 4.54. The number of aryl methyl sites for hydroxylation is 1. The van der Waals surface area contributed by atoms with Gasteiger partial charge in [-0.05, 0) is 66.3 Å². The number of amides is 2. The molecule has 1 atom stereocenters. The molecule has 3 aromatic rings. The Kier molecular flexibility index (Phi) is 6.30. The van der Waals surface area contributed by atoms with Crippen molar-refractivity contribution in [3.05, 3.63) is 63.0 Å². The second-order valence-electron chi connectivity index (χ2n) is 10.5. The van der Waals surface area contributed by atoms with Crippen molar-refractivity contribution in [3.63, 3.8) is 0 Å². The first kappa shape index (κ1) is 24.1. The van der Waals surface area contributed by atoms with Crippen molar-refractivity contribution in [2.24, 2.45) is 0 Å². The Labute approximate surface area is 215 Å². The predicted molar refractivity (Wildman–Crippen MR) is 144 cm³/mol. The van der Waals surface area contributed by atoms with Crippen LogP contribution in [0.25, 0.3) is 5.69 Å². The highest BCUT2D eigenvalue weighted by Gasteiger charge is 2.40. The van der Waals surface area contributed by atoms with Crippen molar-refractivity contribution in [1.29, 1.82) is 0 Å². The van der Waals surface area contributed by atoms with E-state index in [0.29, 0.717) is 5.75 Å². The molecule has 5 rings (SSSR count). The molecular formula is C27H32N4O2S2. The number of anilines is 1. The molecule has 3 heterocycles. The maximum Gasteiger partial charge on any atom is 0.240 e. The number of nitrogens with zero attached hydrogens (tertiary/aromatic N) is 3. The van der Waals surface area contributed by atoms with Gasteiger partial charge in [0.2, 0.25) is 11.8 Å². The van der Waals surface area contributed by atoms with Gasteiger partial charge < -0.3 is 5.32 Å². The van der Waals surface area contributed by atoms with E-state index in [0.717, 1.165) is 46.7 Å². The second kappa shape index (κ2) is 9.13. The van der Waals surface area contributed by atoms with Gasteiger partial charge in [-0.1, -0.05) is 32.9 Å². The third kappa shape index (κ3) is 4.66. The lowest BCUT2D eigenvalue weighted by Gasteiger charge is -2.24. The topological polar surface area (TPSA) is 67.2 Å². The standard InChI is InChI=1S/C27H32N4O2S2/c1-16-7-6-8-20(17(16)2)31-26-23(25(29-31)27(3,4)5)24(18-11-12-34-14-18)35-15-22(33)30(26)13-21(32)28-19-9-10-19/h6-8,11-12,14,19,24H,9-10,13,15H2,1-5H3,(H,28,32)/t24-/m0/s1. The Bertz CT molecular complexity index is 1270. The summed E-state index contributed by atoms with van der Waals surface area (Å²) in [6.07, 6.45) is 2.02. The van der Waals surface area contributed by atoms with Crippen LogP contribution in [0.2, 0.25) is 0 Å². The summed E-state index contributed by atoms with van der Waals surface area (Å²) in [5.41, 5.74) is 6.11. The fraction of sp³-hybridized carbons (Fsp3) is 0.444. The minimum atomic E-state index is -0.253. The highest BCUT2D eigenvalue weighted by atomic mass is 32.2. The molecule has 6 nitrogen and oxygen atoms in total. The monoisotopic (exact) mass is 508 g/mol. The Morgan fingerprint density at radius 3 is 2.63 bits per heavy atom. The summed E-state index contributed by atoms with van der Waals surface area (Å²) in [5, 5.41) is 12.4. The van der Waals surface area contributed by atoms with Gasteiger partial charge in [-0.15, -0.1) is 11.8 Å². The molecule has 2 aromatic heterocycles.